The summed E-state index contributed by atoms with van der Waals surface area (Å²) in [6.07, 6.45) is 4.46. The van der Waals surface area contributed by atoms with Crippen molar-refractivity contribution >= 4 is 23.6 Å². The van der Waals surface area contributed by atoms with Gasteiger partial charge in [-0.3, -0.25) is 19.7 Å². The zero-order chi connectivity index (χ0) is 24.1. The average molecular weight is 460 g/mol. The third-order valence-electron chi connectivity index (χ3n) is 5.71. The van der Waals surface area contributed by atoms with Crippen molar-refractivity contribution in [2.24, 2.45) is 0 Å². The molecule has 0 bridgehead atoms. The van der Waals surface area contributed by atoms with Crippen LogP contribution >= 0.6 is 0 Å². The Morgan fingerprint density at radius 2 is 1.65 bits per heavy atom. The quantitative estimate of drug-likeness (QED) is 0.319. The Labute approximate surface area is 197 Å². The van der Waals surface area contributed by atoms with Crippen LogP contribution in [0.15, 0.2) is 70.8 Å². The number of aryl methyl sites for hydroxylation is 1. The van der Waals surface area contributed by atoms with E-state index >= 15 is 0 Å². The topological polar surface area (TPSA) is 106 Å². The van der Waals surface area contributed by atoms with E-state index in [9.17, 15) is 19.7 Å². The second-order valence-corrected chi connectivity index (χ2v) is 8.24. The van der Waals surface area contributed by atoms with Gasteiger partial charge in [0.15, 0.2) is 0 Å². The fourth-order valence-corrected chi connectivity index (χ4v) is 3.79. The molecule has 1 aliphatic rings. The summed E-state index contributed by atoms with van der Waals surface area (Å²) in [6, 6.07) is 16.5. The lowest BCUT2D eigenvalue weighted by Gasteiger charge is -2.27. The summed E-state index contributed by atoms with van der Waals surface area (Å²) < 4.78 is 5.87. The van der Waals surface area contributed by atoms with Gasteiger partial charge in [-0.05, 0) is 62.6 Å². The van der Waals surface area contributed by atoms with Crippen LogP contribution in [0.25, 0.3) is 17.4 Å². The number of nitro groups is 1. The van der Waals surface area contributed by atoms with E-state index in [1.807, 2.05) is 19.1 Å². The molecular formula is C26H25N3O5. The van der Waals surface area contributed by atoms with Crippen molar-refractivity contribution in [2.75, 3.05) is 13.1 Å². The minimum absolute atomic E-state index is 0.0105. The number of amides is 2. The zero-order valence-electron chi connectivity index (χ0n) is 18.8. The molecule has 8 heteroatoms. The number of hydrogen-bond donors (Lipinski definition) is 1. The second-order valence-electron chi connectivity index (χ2n) is 8.24. The van der Waals surface area contributed by atoms with Gasteiger partial charge < -0.3 is 14.6 Å². The predicted molar refractivity (Wildman–Crippen MR) is 128 cm³/mol. The van der Waals surface area contributed by atoms with Crippen molar-refractivity contribution < 1.29 is 18.9 Å². The van der Waals surface area contributed by atoms with E-state index < -0.39 is 4.92 Å². The van der Waals surface area contributed by atoms with Crippen LogP contribution in [0.4, 0.5) is 5.69 Å². The molecule has 1 saturated heterocycles. The van der Waals surface area contributed by atoms with E-state index in [2.05, 4.69) is 5.32 Å². The molecule has 0 radical (unpaired) electrons. The van der Waals surface area contributed by atoms with Crippen LogP contribution in [0.3, 0.4) is 0 Å². The lowest BCUT2D eigenvalue weighted by molar-refractivity contribution is -0.384. The van der Waals surface area contributed by atoms with E-state index in [0.717, 1.165) is 24.8 Å². The van der Waals surface area contributed by atoms with Crippen LogP contribution in [-0.4, -0.2) is 34.7 Å². The summed E-state index contributed by atoms with van der Waals surface area (Å²) in [7, 11) is 0. The predicted octanol–water partition coefficient (Wildman–Crippen LogP) is 4.95. The number of likely N-dealkylation sites (tertiary alicyclic amines) is 1. The van der Waals surface area contributed by atoms with E-state index in [1.165, 1.54) is 18.2 Å². The summed E-state index contributed by atoms with van der Waals surface area (Å²) in [5.41, 5.74) is 2.28. The molecule has 1 aromatic heterocycles. The number of furan rings is 1. The van der Waals surface area contributed by atoms with Crippen LogP contribution in [0.5, 0.6) is 0 Å². The van der Waals surface area contributed by atoms with E-state index in [-0.39, 0.29) is 23.2 Å². The minimum atomic E-state index is -0.463. The average Bonchev–Trinajstić information content (AvgIpc) is 3.32. The highest BCUT2D eigenvalue weighted by molar-refractivity contribution is 6.05. The van der Waals surface area contributed by atoms with Crippen molar-refractivity contribution in [3.63, 3.8) is 0 Å². The van der Waals surface area contributed by atoms with Crippen molar-refractivity contribution in [1.82, 2.24) is 10.2 Å². The molecule has 0 atom stereocenters. The molecule has 0 aliphatic carbocycles. The number of non-ortho nitro benzene ring substituents is 1. The molecule has 3 aromatic rings. The highest BCUT2D eigenvalue weighted by Crippen LogP contribution is 2.26. The van der Waals surface area contributed by atoms with Crippen molar-refractivity contribution in [3.8, 4) is 11.3 Å². The number of piperidine rings is 1. The Hall–Kier alpha value is -4.20. The van der Waals surface area contributed by atoms with Gasteiger partial charge in [0, 0.05) is 42.4 Å². The highest BCUT2D eigenvalue weighted by Gasteiger charge is 2.23. The summed E-state index contributed by atoms with van der Waals surface area (Å²) in [6.45, 7) is 3.22. The molecule has 2 amide bonds. The SMILES string of the molecule is Cc1ccc(C(=O)N/C(=C\c2ccc(-c3ccc([N+](=O)[O-])cc3)o2)C(=O)N2CCCCC2)cc1. The van der Waals surface area contributed by atoms with Crippen LogP contribution < -0.4 is 5.32 Å². The zero-order valence-corrected chi connectivity index (χ0v) is 18.8. The van der Waals surface area contributed by atoms with Crippen molar-refractivity contribution in [1.29, 1.82) is 0 Å². The monoisotopic (exact) mass is 459 g/mol. The van der Waals surface area contributed by atoms with Crippen LogP contribution in [0, 0.1) is 17.0 Å². The molecule has 174 valence electrons. The third-order valence-corrected chi connectivity index (χ3v) is 5.71. The molecule has 2 heterocycles. The minimum Gasteiger partial charge on any atom is -0.457 e. The fraction of sp³-hybridized carbons (Fsp3) is 0.231. The van der Waals surface area contributed by atoms with Gasteiger partial charge in [-0.25, -0.2) is 0 Å². The number of nitro benzene ring substituents is 1. The molecule has 0 saturated carbocycles. The Kier molecular flexibility index (Phi) is 6.87. The Morgan fingerprint density at radius 1 is 0.971 bits per heavy atom. The van der Waals surface area contributed by atoms with Crippen molar-refractivity contribution in [3.05, 3.63) is 93.4 Å². The normalized spacial score (nSPS) is 14.0. The number of nitrogens with one attached hydrogen (secondary N) is 1. The molecule has 1 N–H and O–H groups in total. The maximum Gasteiger partial charge on any atom is 0.270 e. The van der Waals surface area contributed by atoms with Gasteiger partial charge >= 0.3 is 0 Å². The van der Waals surface area contributed by atoms with Crippen molar-refractivity contribution in [2.45, 2.75) is 26.2 Å². The van der Waals surface area contributed by atoms with Gasteiger partial charge in [-0.15, -0.1) is 0 Å². The maximum absolute atomic E-state index is 13.2. The van der Waals surface area contributed by atoms with E-state index in [0.29, 0.717) is 35.7 Å². The van der Waals surface area contributed by atoms with Gasteiger partial charge in [0.05, 0.1) is 4.92 Å². The van der Waals surface area contributed by atoms with Gasteiger partial charge in [0.2, 0.25) is 0 Å². The Bertz CT molecular complexity index is 1220. The summed E-state index contributed by atoms with van der Waals surface area (Å²) in [5, 5.41) is 13.6. The number of rotatable bonds is 6. The summed E-state index contributed by atoms with van der Waals surface area (Å²) in [4.78, 5) is 38.2. The molecule has 0 spiro atoms. The number of carbonyl (C=O) groups is 2. The first-order chi connectivity index (χ1) is 16.4. The molecule has 0 unspecified atom stereocenters. The molecule has 34 heavy (non-hydrogen) atoms. The van der Waals surface area contributed by atoms with E-state index in [1.54, 1.807) is 41.3 Å². The van der Waals surface area contributed by atoms with Gasteiger partial charge in [-0.1, -0.05) is 17.7 Å². The Balaban J connectivity index is 1.60. The highest BCUT2D eigenvalue weighted by atomic mass is 16.6. The molecule has 1 aliphatic heterocycles. The lowest BCUT2D eigenvalue weighted by Crippen LogP contribution is -2.41. The first kappa shape index (κ1) is 23.0. The van der Waals surface area contributed by atoms with Gasteiger partial charge in [-0.2, -0.15) is 0 Å². The van der Waals surface area contributed by atoms with Crippen LogP contribution in [0.1, 0.15) is 40.9 Å². The molecular weight excluding hydrogens is 434 g/mol. The van der Waals surface area contributed by atoms with Gasteiger partial charge in [0.25, 0.3) is 17.5 Å². The maximum atomic E-state index is 13.2. The molecule has 8 nitrogen and oxygen atoms in total. The molecule has 2 aromatic carbocycles. The standard InChI is InChI=1S/C26H25N3O5/c1-18-5-7-20(8-6-18)25(30)27-23(26(31)28-15-3-2-4-16-28)17-22-13-14-24(34-22)19-9-11-21(12-10-19)29(32)33/h5-14,17H,2-4,15-16H2,1H3,(H,27,30)/b23-17-. The fourth-order valence-electron chi connectivity index (χ4n) is 3.79. The first-order valence-electron chi connectivity index (χ1n) is 11.1. The number of benzene rings is 2. The Morgan fingerprint density at radius 3 is 2.29 bits per heavy atom. The molecule has 4 rings (SSSR count). The van der Waals surface area contributed by atoms with E-state index in [4.69, 9.17) is 4.42 Å². The summed E-state index contributed by atoms with van der Waals surface area (Å²) >= 11 is 0. The number of nitrogens with zero attached hydrogens (tertiary/aromatic N) is 2. The smallest absolute Gasteiger partial charge is 0.270 e. The van der Waals surface area contributed by atoms with Gasteiger partial charge in [0.1, 0.15) is 17.2 Å². The third kappa shape index (κ3) is 5.40. The summed E-state index contributed by atoms with van der Waals surface area (Å²) in [5.74, 6) is 0.251. The number of carbonyl (C=O) groups excluding carboxylic acids is 2. The van der Waals surface area contributed by atoms with Crippen LogP contribution in [-0.2, 0) is 4.79 Å². The van der Waals surface area contributed by atoms with Crippen LogP contribution in [0.2, 0.25) is 0 Å². The second kappa shape index (κ2) is 10.2. The number of hydrogen-bond acceptors (Lipinski definition) is 5. The molecule has 1 fully saturated rings. The first-order valence-corrected chi connectivity index (χ1v) is 11.1. The lowest BCUT2D eigenvalue weighted by atomic mass is 10.1. The largest absolute Gasteiger partial charge is 0.457 e.